The second-order valence-corrected chi connectivity index (χ2v) is 6.08. The zero-order valence-electron chi connectivity index (χ0n) is 12.2. The van der Waals surface area contributed by atoms with E-state index in [1.807, 2.05) is 31.2 Å². The molecule has 0 aliphatic carbocycles. The summed E-state index contributed by atoms with van der Waals surface area (Å²) in [5.41, 5.74) is 3.15. The number of ketones is 1. The molecule has 0 fully saturated rings. The van der Waals surface area contributed by atoms with E-state index in [1.54, 1.807) is 18.2 Å². The van der Waals surface area contributed by atoms with Crippen molar-refractivity contribution in [2.75, 3.05) is 5.32 Å². The molecule has 1 atom stereocenters. The van der Waals surface area contributed by atoms with E-state index in [-0.39, 0.29) is 24.0 Å². The predicted octanol–water partition coefficient (Wildman–Crippen LogP) is 4.03. The Morgan fingerprint density at radius 2 is 1.86 bits per heavy atom. The number of rotatable bonds is 2. The van der Waals surface area contributed by atoms with Crippen molar-refractivity contribution in [3.05, 3.63) is 64.2 Å². The normalized spacial score (nSPS) is 17.6. The predicted molar refractivity (Wildman–Crippen MR) is 87.4 cm³/mol. The minimum atomic E-state index is -0.361. The molecule has 4 heteroatoms. The van der Waals surface area contributed by atoms with Gasteiger partial charge < -0.3 is 5.32 Å². The number of hydrogen-bond acceptors (Lipinski definition) is 2. The Hall–Kier alpha value is -2.13. The zero-order chi connectivity index (χ0) is 15.7. The highest BCUT2D eigenvalue weighted by atomic mass is 35.5. The fourth-order valence-corrected chi connectivity index (χ4v) is 2.99. The third-order valence-electron chi connectivity index (χ3n) is 4.01. The van der Waals surface area contributed by atoms with Crippen LogP contribution in [0.3, 0.4) is 0 Å². The van der Waals surface area contributed by atoms with Crippen LogP contribution in [0.2, 0.25) is 5.02 Å². The van der Waals surface area contributed by atoms with Crippen LogP contribution < -0.4 is 5.32 Å². The van der Waals surface area contributed by atoms with Crippen molar-refractivity contribution in [2.45, 2.75) is 19.8 Å². The van der Waals surface area contributed by atoms with E-state index in [0.29, 0.717) is 22.7 Å². The van der Waals surface area contributed by atoms with Crippen LogP contribution in [0.1, 0.15) is 27.9 Å². The lowest BCUT2D eigenvalue weighted by Crippen LogP contribution is -2.23. The molecule has 0 radical (unpaired) electrons. The highest BCUT2D eigenvalue weighted by Gasteiger charge is 2.29. The molecular formula is C18H16ClNO2. The monoisotopic (exact) mass is 313 g/mol. The lowest BCUT2D eigenvalue weighted by molar-refractivity contribution is -0.119. The molecule has 1 amide bonds. The lowest BCUT2D eigenvalue weighted by Gasteiger charge is -2.12. The molecule has 112 valence electrons. The smallest absolute Gasteiger partial charge is 0.228 e. The van der Waals surface area contributed by atoms with Crippen molar-refractivity contribution in [1.29, 1.82) is 0 Å². The number of fused-ring (bicyclic) bond motifs is 1. The average molecular weight is 314 g/mol. The van der Waals surface area contributed by atoms with Gasteiger partial charge in [-0.25, -0.2) is 0 Å². The van der Waals surface area contributed by atoms with Gasteiger partial charge in [0.2, 0.25) is 5.91 Å². The summed E-state index contributed by atoms with van der Waals surface area (Å²) < 4.78 is 0. The summed E-state index contributed by atoms with van der Waals surface area (Å²) in [6.45, 7) is 1.89. The lowest BCUT2D eigenvalue weighted by atomic mass is 9.92. The fourth-order valence-electron chi connectivity index (χ4n) is 2.87. The molecular weight excluding hydrogens is 298 g/mol. The average Bonchev–Trinajstić information content (AvgIpc) is 2.59. The molecule has 2 aromatic carbocycles. The first-order chi connectivity index (χ1) is 10.5. The Morgan fingerprint density at radius 1 is 1.14 bits per heavy atom. The molecule has 1 heterocycles. The quantitative estimate of drug-likeness (QED) is 0.909. The van der Waals surface area contributed by atoms with Crippen LogP contribution in [0.15, 0.2) is 42.5 Å². The van der Waals surface area contributed by atoms with E-state index in [2.05, 4.69) is 5.32 Å². The van der Waals surface area contributed by atoms with E-state index < -0.39 is 0 Å². The number of carbonyl (C=O) groups excluding carboxylic acids is 2. The largest absolute Gasteiger partial charge is 0.325 e. The Labute approximate surface area is 134 Å². The number of benzene rings is 2. The van der Waals surface area contributed by atoms with E-state index in [9.17, 15) is 9.59 Å². The molecule has 2 aromatic rings. The molecule has 0 bridgehead atoms. The van der Waals surface area contributed by atoms with Crippen LogP contribution in [-0.4, -0.2) is 11.7 Å². The Morgan fingerprint density at radius 3 is 2.59 bits per heavy atom. The molecule has 3 nitrogen and oxygen atoms in total. The molecule has 0 unspecified atom stereocenters. The summed E-state index contributed by atoms with van der Waals surface area (Å²) in [5, 5.41) is 3.55. The van der Waals surface area contributed by atoms with Crippen molar-refractivity contribution in [3.63, 3.8) is 0 Å². The molecule has 22 heavy (non-hydrogen) atoms. The van der Waals surface area contributed by atoms with E-state index in [4.69, 9.17) is 11.6 Å². The SMILES string of the molecule is Cc1cccc2c1C(=O)C[C@@H](Cc1ccc(Cl)cc1)C(=O)N2. The molecule has 0 saturated heterocycles. The molecule has 0 saturated carbocycles. The summed E-state index contributed by atoms with van der Waals surface area (Å²) in [6, 6.07) is 12.9. The number of nitrogens with one attached hydrogen (secondary N) is 1. The van der Waals surface area contributed by atoms with Crippen molar-refractivity contribution < 1.29 is 9.59 Å². The standard InChI is InChI=1S/C18H16ClNO2/c1-11-3-2-4-15-17(11)16(21)10-13(18(22)20-15)9-12-5-7-14(19)8-6-12/h2-8,13H,9-10H2,1H3,(H,20,22)/t13-/m1/s1. The Bertz CT molecular complexity index is 737. The minimum absolute atomic E-state index is 0.0189. The summed E-state index contributed by atoms with van der Waals surface area (Å²) in [4.78, 5) is 24.9. The first kappa shape index (κ1) is 14.8. The van der Waals surface area contributed by atoms with Gasteiger partial charge in [-0.3, -0.25) is 9.59 Å². The third kappa shape index (κ3) is 2.90. The minimum Gasteiger partial charge on any atom is -0.325 e. The fraction of sp³-hybridized carbons (Fsp3) is 0.222. The van der Waals surface area contributed by atoms with Gasteiger partial charge in [-0.2, -0.15) is 0 Å². The third-order valence-corrected chi connectivity index (χ3v) is 4.26. The van der Waals surface area contributed by atoms with Gasteiger partial charge in [-0.1, -0.05) is 35.9 Å². The molecule has 0 aromatic heterocycles. The zero-order valence-corrected chi connectivity index (χ0v) is 13.0. The first-order valence-electron chi connectivity index (χ1n) is 7.22. The highest BCUT2D eigenvalue weighted by Crippen LogP contribution is 2.28. The second kappa shape index (κ2) is 5.93. The van der Waals surface area contributed by atoms with E-state index in [0.717, 1.165) is 11.1 Å². The van der Waals surface area contributed by atoms with E-state index in [1.165, 1.54) is 0 Å². The van der Waals surface area contributed by atoms with Gasteiger partial charge in [-0.15, -0.1) is 0 Å². The molecule has 1 N–H and O–H groups in total. The molecule has 1 aliphatic heterocycles. The van der Waals surface area contributed by atoms with Crippen molar-refractivity contribution in [2.24, 2.45) is 5.92 Å². The second-order valence-electron chi connectivity index (χ2n) is 5.64. The van der Waals surface area contributed by atoms with E-state index >= 15 is 0 Å². The number of hydrogen-bond donors (Lipinski definition) is 1. The Kier molecular flexibility index (Phi) is 3.99. The number of amides is 1. The summed E-state index contributed by atoms with van der Waals surface area (Å²) in [7, 11) is 0. The van der Waals surface area contributed by atoms with Crippen LogP contribution in [0.5, 0.6) is 0 Å². The molecule has 1 aliphatic rings. The molecule has 3 rings (SSSR count). The molecule has 0 spiro atoms. The van der Waals surface area contributed by atoms with Gasteiger partial charge in [0.15, 0.2) is 5.78 Å². The van der Waals surface area contributed by atoms with Crippen LogP contribution >= 0.6 is 11.6 Å². The van der Waals surface area contributed by atoms with Gasteiger partial charge in [0.05, 0.1) is 5.69 Å². The highest BCUT2D eigenvalue weighted by molar-refractivity contribution is 6.30. The van der Waals surface area contributed by atoms with Gasteiger partial charge in [-0.05, 0) is 42.7 Å². The maximum atomic E-state index is 12.5. The Balaban J connectivity index is 1.87. The van der Waals surface area contributed by atoms with Crippen molar-refractivity contribution >= 4 is 29.0 Å². The van der Waals surface area contributed by atoms with Crippen molar-refractivity contribution in [1.82, 2.24) is 0 Å². The summed E-state index contributed by atoms with van der Waals surface area (Å²) in [6.07, 6.45) is 0.758. The van der Waals surface area contributed by atoms with Crippen molar-refractivity contribution in [3.8, 4) is 0 Å². The van der Waals surface area contributed by atoms with Gasteiger partial charge in [0, 0.05) is 22.9 Å². The van der Waals surface area contributed by atoms with Crippen LogP contribution in [0, 0.1) is 12.8 Å². The van der Waals surface area contributed by atoms with Crippen LogP contribution in [0.4, 0.5) is 5.69 Å². The number of anilines is 1. The first-order valence-corrected chi connectivity index (χ1v) is 7.60. The topological polar surface area (TPSA) is 46.2 Å². The maximum Gasteiger partial charge on any atom is 0.228 e. The number of aryl methyl sites for hydroxylation is 1. The van der Waals surface area contributed by atoms with Gasteiger partial charge in [0.1, 0.15) is 0 Å². The summed E-state index contributed by atoms with van der Waals surface area (Å²) in [5.74, 6) is -0.446. The number of halogens is 1. The van der Waals surface area contributed by atoms with Gasteiger partial charge in [0.25, 0.3) is 0 Å². The van der Waals surface area contributed by atoms with Crippen LogP contribution in [0.25, 0.3) is 0 Å². The maximum absolute atomic E-state index is 12.5. The van der Waals surface area contributed by atoms with Crippen LogP contribution in [-0.2, 0) is 11.2 Å². The number of carbonyl (C=O) groups is 2. The summed E-state index contributed by atoms with van der Waals surface area (Å²) >= 11 is 5.88. The van der Waals surface area contributed by atoms with Gasteiger partial charge >= 0.3 is 0 Å². The number of Topliss-reactive ketones (excluding diaryl/α,β-unsaturated/α-hetero) is 1.